The number of likely N-dealkylation sites (N-methyl/N-ethyl adjacent to an activating group) is 1. The van der Waals surface area contributed by atoms with Gasteiger partial charge in [-0.2, -0.15) is 20.3 Å². The first-order valence-corrected chi connectivity index (χ1v) is 54.4. The van der Waals surface area contributed by atoms with Crippen LogP contribution in [-0.4, -0.2) is 261 Å². The number of nitrogens with one attached hydrogen (secondary N) is 6. The molecular formula is C107H132Cl2FN22O10PS. The van der Waals surface area contributed by atoms with Gasteiger partial charge in [-0.05, 0) is 228 Å². The van der Waals surface area contributed by atoms with E-state index < -0.39 is 39.9 Å². The number of piperidine rings is 4. The Balaban J connectivity index is 0.000000139. The molecular weight excluding hydrogens is 1910 g/mol. The summed E-state index contributed by atoms with van der Waals surface area (Å²) in [5.74, 6) is 1.48. The van der Waals surface area contributed by atoms with Crippen molar-refractivity contribution in [3.8, 4) is 45.9 Å². The predicted molar refractivity (Wildman–Crippen MR) is 573 cm³/mol. The quantitative estimate of drug-likeness (QED) is 0.0240. The molecule has 12 aromatic rings. The number of halogens is 3. The molecule has 10 N–H and O–H groups in total. The summed E-state index contributed by atoms with van der Waals surface area (Å²) in [6.45, 7) is 31.4. The van der Waals surface area contributed by atoms with Gasteiger partial charge in [0.1, 0.15) is 40.5 Å². The molecule has 37 heteroatoms. The number of nitrogens with two attached hydrogens (primary N) is 1. The number of phenols is 2. The van der Waals surface area contributed by atoms with Crippen LogP contribution in [0.25, 0.3) is 22.0 Å². The first-order valence-electron chi connectivity index (χ1n) is 49.5. The lowest BCUT2D eigenvalue weighted by Crippen LogP contribution is -2.52. The van der Waals surface area contributed by atoms with E-state index in [0.717, 1.165) is 242 Å². The van der Waals surface area contributed by atoms with Gasteiger partial charge in [0.05, 0.1) is 108 Å². The third-order valence-electron chi connectivity index (χ3n) is 28.6. The van der Waals surface area contributed by atoms with Crippen molar-refractivity contribution in [3.05, 3.63) is 219 Å². The molecule has 11 heterocycles. The molecule has 7 aromatic carbocycles. The van der Waals surface area contributed by atoms with Gasteiger partial charge in [0, 0.05) is 182 Å². The monoisotopic (exact) mass is 2040 g/mol. The van der Waals surface area contributed by atoms with Crippen molar-refractivity contribution in [3.63, 3.8) is 0 Å². The number of aromatic hydroxyl groups is 2. The van der Waals surface area contributed by atoms with E-state index in [9.17, 15) is 37.6 Å². The maximum Gasteiger partial charge on any atom is 0.229 e. The van der Waals surface area contributed by atoms with E-state index in [0.29, 0.717) is 86.8 Å². The molecule has 6 fully saturated rings. The van der Waals surface area contributed by atoms with E-state index in [1.54, 1.807) is 97.1 Å². The van der Waals surface area contributed by atoms with Crippen LogP contribution in [0.1, 0.15) is 149 Å². The largest absolute Gasteiger partial charge is 0.507 e. The number of sulfone groups is 1. The summed E-state index contributed by atoms with van der Waals surface area (Å²) in [5, 5.41) is 51.7. The highest BCUT2D eigenvalue weighted by Gasteiger charge is 2.42. The van der Waals surface area contributed by atoms with E-state index in [2.05, 4.69) is 168 Å². The number of piperazine rings is 1. The van der Waals surface area contributed by atoms with Gasteiger partial charge in [0.25, 0.3) is 0 Å². The van der Waals surface area contributed by atoms with Crippen LogP contribution in [0.4, 0.5) is 73.6 Å². The molecule has 0 unspecified atom stereocenters. The lowest BCUT2D eigenvalue weighted by Gasteiger charge is -2.42. The Kier molecular flexibility index (Phi) is 33.3. The van der Waals surface area contributed by atoms with Gasteiger partial charge in [-0.25, -0.2) is 27.8 Å². The van der Waals surface area contributed by atoms with Crippen LogP contribution in [0.2, 0.25) is 10.0 Å². The molecule has 0 bridgehead atoms. The second-order valence-corrected chi connectivity index (χ2v) is 45.6. The predicted octanol–water partition coefficient (Wildman–Crippen LogP) is 18.3. The van der Waals surface area contributed by atoms with E-state index in [1.165, 1.54) is 23.6 Å². The Morgan fingerprint density at radius 2 is 1.24 bits per heavy atom. The average molecular weight is 2040 g/mol. The minimum absolute atomic E-state index is 0.0569. The number of morpholine rings is 1. The Hall–Kier alpha value is -12.4. The lowest BCUT2D eigenvalue weighted by molar-refractivity contribution is 0.0115. The summed E-state index contributed by atoms with van der Waals surface area (Å²) in [5.41, 5.74) is 19.6. The Morgan fingerprint density at radius 1 is 0.660 bits per heavy atom. The number of aryl methyl sites for hydroxylation is 1. The average Bonchev–Trinajstić information content (AvgIpc) is 1.52. The molecule has 7 aliphatic rings. The number of ketones is 1. The highest BCUT2D eigenvalue weighted by molar-refractivity contribution is 7.92. The summed E-state index contributed by atoms with van der Waals surface area (Å²) >= 11 is 12.8. The SMILES string of the molecule is CCc1cc2c(cc1N1CCC(N3CCOCC3)CC1)C(C)(C)c1[nH]c3cc(C#N)ccc3c1C2=O.COc1cc(N2CCC(N(C)C)CC2)ccc1Nc1ncc(Cl)c(Nc2ccccc2P(C)(C)=O)n1.COc1cc(N2CCC(N3CCN(C)CC3)CC2)ccc1Nc1ncc(Cl)c(Nc2ccccc2S(=O)(=O)C(C)C)n1.C[C@@H](Oc1cc(-c2cnn(C3CCNCC3)c2)cnc1N)c1c(O)ccc(F)c1O. The number of hydrogen-bond donors (Lipinski definition) is 9. The van der Waals surface area contributed by atoms with E-state index in [-0.39, 0.29) is 44.0 Å². The first kappa shape index (κ1) is 104. The number of carbonyl (C=O) groups excluding carboxylic acids is 1. The first-order chi connectivity index (χ1) is 69.2. The maximum absolute atomic E-state index is 13.9. The van der Waals surface area contributed by atoms with E-state index in [4.69, 9.17) is 47.9 Å². The number of ether oxygens (including phenoxy) is 4. The summed E-state index contributed by atoms with van der Waals surface area (Å²) in [4.78, 5) is 56.9. The fraction of sp³-hybridized carbons (Fsp3) is 0.421. The zero-order valence-electron chi connectivity index (χ0n) is 84.2. The number of H-pyrrole nitrogens is 1. The van der Waals surface area contributed by atoms with Crippen molar-refractivity contribution < 1.29 is 51.3 Å². The van der Waals surface area contributed by atoms with Crippen LogP contribution in [-0.2, 0) is 31.0 Å². The number of rotatable bonds is 25. The number of hydrogen-bond acceptors (Lipinski definition) is 30. The lowest BCUT2D eigenvalue weighted by atomic mass is 9.70. The van der Waals surface area contributed by atoms with Gasteiger partial charge in [-0.15, -0.1) is 0 Å². The van der Waals surface area contributed by atoms with Gasteiger partial charge in [0.15, 0.2) is 50.4 Å². The van der Waals surface area contributed by atoms with Gasteiger partial charge >= 0.3 is 0 Å². The van der Waals surface area contributed by atoms with E-state index in [1.807, 2.05) is 71.5 Å². The fourth-order valence-corrected chi connectivity index (χ4v) is 22.8. The number of para-hydroxylation sites is 2. The zero-order valence-corrected chi connectivity index (χ0v) is 87.4. The van der Waals surface area contributed by atoms with Crippen LogP contribution in [0.15, 0.2) is 169 Å². The van der Waals surface area contributed by atoms with Crippen molar-refractivity contribution >= 4 is 131 Å². The summed E-state index contributed by atoms with van der Waals surface area (Å²) in [6, 6.07) is 44.8. The highest BCUT2D eigenvalue weighted by Crippen LogP contribution is 2.49. The number of carbonyl (C=O) groups is 1. The standard InChI is InChI=1S/C30H40ClN7O3S.C30H34N4O2.C26H34ClN6O2P.C21H24FN5O3/c1-21(2)42(39,40)28-8-6-5-7-26(28)33-29-24(31)20-32-30(35-29)34-25-10-9-23(19-27(25)41-4)37-13-11-22(12-14-37)38-17-15-36(3)16-18-38;1-4-20-16-23-24(17-26(20)34-9-7-21(8-10-34)33-11-13-36-14-12-33)30(2,3)29-27(28(23)35)22-6-5-19(18-31)15-25(22)32-29;1-32(2)18-12-14-33(15-13-18)19-10-11-21(23(16-19)35-3)30-26-28-17-20(27)25(31-26)29-22-8-6-7-9-24(22)36(4,5)34;1-12(19-17(28)3-2-16(22)20(19)29)30-18-8-13(9-25-21(18)23)14-10-26-27(11-14)15-4-6-24-7-5-15/h5-10,19-22H,11-18H2,1-4H3,(H2,32,33,34,35);5-6,15-17,21,32H,4,7-14H2,1-3H3;6-11,16-18H,12-15H2,1-5H3,(H2,28,29,30,31);2-3,8-12,15,24,28-29H,4-7H2,1H3,(H2,23,25)/t;;;12-/m...1/s1. The van der Waals surface area contributed by atoms with E-state index >= 15 is 0 Å². The van der Waals surface area contributed by atoms with Gasteiger partial charge in [0.2, 0.25) is 11.9 Å². The number of nitrogens with zero attached hydrogens (tertiary/aromatic N) is 15. The van der Waals surface area contributed by atoms with Gasteiger partial charge < -0.3 is 95.5 Å². The number of methoxy groups -OCH3 is 2. The molecule has 762 valence electrons. The number of aromatic nitrogens is 8. The molecule has 0 saturated carbocycles. The fourth-order valence-electron chi connectivity index (χ4n) is 20.2. The molecule has 1 atom stereocenters. The maximum atomic E-state index is 13.9. The van der Waals surface area contributed by atoms with Crippen LogP contribution in [0.3, 0.4) is 0 Å². The second kappa shape index (κ2) is 45.9. The zero-order chi connectivity index (χ0) is 102. The molecule has 32 nitrogen and oxygen atoms in total. The minimum Gasteiger partial charge on any atom is -0.507 e. The number of anilines is 12. The smallest absolute Gasteiger partial charge is 0.229 e. The third-order valence-corrected chi connectivity index (χ3v) is 32.9. The number of phenolic OH excluding ortho intramolecular Hbond substituents is 2. The molecule has 1 aliphatic carbocycles. The number of pyridine rings is 1. The van der Waals surface area contributed by atoms with Crippen molar-refractivity contribution in [2.45, 2.75) is 145 Å². The molecule has 144 heavy (non-hydrogen) atoms. The molecule has 19 rings (SSSR count). The Morgan fingerprint density at radius 3 is 1.82 bits per heavy atom. The van der Waals surface area contributed by atoms with Crippen LogP contribution in [0, 0.1) is 17.1 Å². The highest BCUT2D eigenvalue weighted by atomic mass is 35.5. The van der Waals surface area contributed by atoms with Crippen LogP contribution in [0.5, 0.6) is 28.7 Å². The number of nitrogen functional groups attached to an aromatic ring is 1. The van der Waals surface area contributed by atoms with Crippen LogP contribution < -0.4 is 66.5 Å². The summed E-state index contributed by atoms with van der Waals surface area (Å²) < 4.78 is 77.0. The number of benzene rings is 7. The topological polar surface area (TPSA) is 376 Å². The van der Waals surface area contributed by atoms with Crippen molar-refractivity contribution in [2.24, 2.45) is 0 Å². The number of nitriles is 1. The van der Waals surface area contributed by atoms with Gasteiger partial charge in [-0.1, -0.05) is 74.3 Å². The van der Waals surface area contributed by atoms with Crippen LogP contribution >= 0.6 is 30.3 Å². The molecule has 0 amide bonds. The minimum atomic E-state index is -3.52. The van der Waals surface area contributed by atoms with Crippen molar-refractivity contribution in [2.75, 3.05) is 195 Å². The third kappa shape index (κ3) is 23.9. The normalized spacial score (nSPS) is 17.1. The Bertz CT molecular complexity index is 6780. The number of aromatic amines is 1. The summed E-state index contributed by atoms with van der Waals surface area (Å²) in [6.07, 6.45) is 17.4. The molecule has 6 saturated heterocycles. The van der Waals surface area contributed by atoms with Crippen molar-refractivity contribution in [1.29, 1.82) is 5.26 Å². The van der Waals surface area contributed by atoms with Gasteiger partial charge in [-0.3, -0.25) is 19.3 Å². The number of fused-ring (bicyclic) bond motifs is 4. The molecule has 0 spiro atoms. The summed E-state index contributed by atoms with van der Waals surface area (Å²) in [7, 11) is 3.77. The molecule has 0 radical (unpaired) electrons. The second-order valence-electron chi connectivity index (χ2n) is 39.1. The van der Waals surface area contributed by atoms with Crippen molar-refractivity contribution in [1.82, 2.24) is 64.6 Å². The molecule has 5 aromatic heterocycles. The molecule has 6 aliphatic heterocycles. The Labute approximate surface area is 852 Å².